The molecule has 0 aliphatic heterocycles. The maximum atomic E-state index is 12.3. The van der Waals surface area contributed by atoms with E-state index in [0.29, 0.717) is 37.7 Å². The number of hydrogen-bond acceptors (Lipinski definition) is 6. The molecule has 0 radical (unpaired) electrons. The van der Waals surface area contributed by atoms with Crippen molar-refractivity contribution in [1.29, 1.82) is 0 Å². The van der Waals surface area contributed by atoms with Gasteiger partial charge in [-0.1, -0.05) is 30.3 Å². The molecule has 1 N–H and O–H groups in total. The van der Waals surface area contributed by atoms with E-state index in [0.717, 1.165) is 5.56 Å². The van der Waals surface area contributed by atoms with Gasteiger partial charge in [-0.3, -0.25) is 4.68 Å². The highest BCUT2D eigenvalue weighted by atomic mass is 16.5. The van der Waals surface area contributed by atoms with Crippen molar-refractivity contribution >= 4 is 11.8 Å². The van der Waals surface area contributed by atoms with Crippen LogP contribution in [0.25, 0.3) is 0 Å². The number of carbonyl (C=O) groups excluding carboxylic acids is 1. The topological polar surface area (TPSA) is 74.6 Å². The molecule has 7 nitrogen and oxygen atoms in total. The number of hydrogen-bond donors (Lipinski definition) is 1. The average Bonchev–Trinajstić information content (AvgIpc) is 2.99. The quantitative estimate of drug-likeness (QED) is 0.664. The minimum Gasteiger partial charge on any atom is -0.462 e. The molecular formula is C18H25N3O4. The number of aromatic nitrogens is 2. The first-order chi connectivity index (χ1) is 12.2. The zero-order valence-corrected chi connectivity index (χ0v) is 14.9. The van der Waals surface area contributed by atoms with E-state index in [-0.39, 0.29) is 6.04 Å². The van der Waals surface area contributed by atoms with E-state index in [9.17, 15) is 4.79 Å². The predicted molar refractivity (Wildman–Crippen MR) is 94.9 cm³/mol. The van der Waals surface area contributed by atoms with Gasteiger partial charge in [0, 0.05) is 20.4 Å². The molecule has 2 rings (SSSR count). The Kier molecular flexibility index (Phi) is 7.43. The molecule has 0 bridgehead atoms. The Labute approximate surface area is 147 Å². The Balaban J connectivity index is 2.23. The highest BCUT2D eigenvalue weighted by Crippen LogP contribution is 2.17. The smallest absolute Gasteiger partial charge is 0.343 e. The fourth-order valence-electron chi connectivity index (χ4n) is 2.46. The maximum Gasteiger partial charge on any atom is 0.343 e. The van der Waals surface area contributed by atoms with Crippen molar-refractivity contribution in [3.8, 4) is 0 Å². The molecular weight excluding hydrogens is 322 g/mol. The molecule has 0 aliphatic rings. The maximum absolute atomic E-state index is 12.3. The number of nitrogens with zero attached hydrogens (tertiary/aromatic N) is 2. The molecule has 1 heterocycles. The standard InChI is InChI=1S/C18H25N3O4/c1-4-25-18(22)16-11-21(10-14-8-6-5-7-9-14)20-17(16)19-15(12-23-2)13-24-3/h5-9,11,15H,4,10,12-13H2,1-3H3,(H,19,20). The van der Waals surface area contributed by atoms with E-state index in [4.69, 9.17) is 14.2 Å². The van der Waals surface area contributed by atoms with Gasteiger partial charge in [0.15, 0.2) is 5.82 Å². The number of benzene rings is 1. The van der Waals surface area contributed by atoms with Crippen LogP contribution in [0.5, 0.6) is 0 Å². The van der Waals surface area contributed by atoms with Gasteiger partial charge >= 0.3 is 5.97 Å². The number of anilines is 1. The first-order valence-corrected chi connectivity index (χ1v) is 8.20. The first kappa shape index (κ1) is 19.0. The summed E-state index contributed by atoms with van der Waals surface area (Å²) in [6.07, 6.45) is 1.70. The van der Waals surface area contributed by atoms with E-state index in [1.807, 2.05) is 30.3 Å². The fourth-order valence-corrected chi connectivity index (χ4v) is 2.46. The number of ether oxygens (including phenoxy) is 3. The third kappa shape index (κ3) is 5.58. The zero-order valence-electron chi connectivity index (χ0n) is 14.9. The molecule has 2 aromatic rings. The van der Waals surface area contributed by atoms with Gasteiger partial charge in [0.2, 0.25) is 0 Å². The number of nitrogens with one attached hydrogen (secondary N) is 1. The number of methoxy groups -OCH3 is 2. The van der Waals surface area contributed by atoms with Crippen LogP contribution in [-0.4, -0.2) is 55.8 Å². The third-order valence-corrected chi connectivity index (χ3v) is 3.52. The molecule has 1 aromatic heterocycles. The predicted octanol–water partition coefficient (Wildman–Crippen LogP) is 2.18. The molecule has 25 heavy (non-hydrogen) atoms. The largest absolute Gasteiger partial charge is 0.462 e. The van der Waals surface area contributed by atoms with E-state index < -0.39 is 5.97 Å². The van der Waals surface area contributed by atoms with E-state index in [2.05, 4.69) is 10.4 Å². The Morgan fingerprint density at radius 3 is 2.48 bits per heavy atom. The lowest BCUT2D eigenvalue weighted by atomic mass is 10.2. The molecule has 0 fully saturated rings. The molecule has 136 valence electrons. The van der Waals surface area contributed by atoms with Crippen LogP contribution in [0.2, 0.25) is 0 Å². The van der Waals surface area contributed by atoms with Gasteiger partial charge in [-0.2, -0.15) is 5.10 Å². The summed E-state index contributed by atoms with van der Waals surface area (Å²) in [5.41, 5.74) is 1.49. The first-order valence-electron chi connectivity index (χ1n) is 8.20. The van der Waals surface area contributed by atoms with Crippen molar-refractivity contribution in [2.75, 3.05) is 39.4 Å². The Morgan fingerprint density at radius 1 is 1.20 bits per heavy atom. The van der Waals surface area contributed by atoms with Crippen molar-refractivity contribution in [3.63, 3.8) is 0 Å². The minimum absolute atomic E-state index is 0.122. The summed E-state index contributed by atoms with van der Waals surface area (Å²) in [7, 11) is 3.23. The van der Waals surface area contributed by atoms with Gasteiger partial charge in [0.25, 0.3) is 0 Å². The highest BCUT2D eigenvalue weighted by Gasteiger charge is 2.20. The van der Waals surface area contributed by atoms with Crippen LogP contribution in [0.3, 0.4) is 0 Å². The summed E-state index contributed by atoms with van der Waals surface area (Å²) in [5, 5.41) is 7.72. The summed E-state index contributed by atoms with van der Waals surface area (Å²) in [5.74, 6) is 0.0615. The second kappa shape index (κ2) is 9.80. The fraction of sp³-hybridized carbons (Fsp3) is 0.444. The summed E-state index contributed by atoms with van der Waals surface area (Å²) in [4.78, 5) is 12.3. The summed E-state index contributed by atoms with van der Waals surface area (Å²) in [6.45, 7) is 3.51. The lowest BCUT2D eigenvalue weighted by Crippen LogP contribution is -2.30. The van der Waals surface area contributed by atoms with Gasteiger partial charge < -0.3 is 19.5 Å². The van der Waals surface area contributed by atoms with Gasteiger partial charge in [0.05, 0.1) is 32.4 Å². The van der Waals surface area contributed by atoms with Gasteiger partial charge in [-0.15, -0.1) is 0 Å². The summed E-state index contributed by atoms with van der Waals surface area (Å²) < 4.78 is 17.2. The normalized spacial score (nSPS) is 10.9. The number of rotatable bonds is 10. The van der Waals surface area contributed by atoms with Crippen molar-refractivity contribution < 1.29 is 19.0 Å². The molecule has 0 spiro atoms. The van der Waals surface area contributed by atoms with Crippen LogP contribution >= 0.6 is 0 Å². The van der Waals surface area contributed by atoms with E-state index in [1.54, 1.807) is 32.0 Å². The Bertz CT molecular complexity index is 652. The SMILES string of the molecule is CCOC(=O)c1cn(Cc2ccccc2)nc1NC(COC)COC. The van der Waals surface area contributed by atoms with Crippen LogP contribution in [-0.2, 0) is 20.8 Å². The Morgan fingerprint density at radius 2 is 1.88 bits per heavy atom. The molecule has 0 amide bonds. The second-order valence-corrected chi connectivity index (χ2v) is 5.55. The number of esters is 1. The Hall–Kier alpha value is -2.38. The summed E-state index contributed by atoms with van der Waals surface area (Å²) >= 11 is 0. The molecule has 7 heteroatoms. The van der Waals surface area contributed by atoms with Crippen molar-refractivity contribution in [2.24, 2.45) is 0 Å². The monoisotopic (exact) mass is 347 g/mol. The van der Waals surface area contributed by atoms with Crippen molar-refractivity contribution in [2.45, 2.75) is 19.5 Å². The van der Waals surface area contributed by atoms with Crippen LogP contribution in [0, 0.1) is 0 Å². The highest BCUT2D eigenvalue weighted by molar-refractivity contribution is 5.94. The van der Waals surface area contributed by atoms with E-state index in [1.165, 1.54) is 0 Å². The van der Waals surface area contributed by atoms with Gasteiger partial charge in [0.1, 0.15) is 5.56 Å². The lowest BCUT2D eigenvalue weighted by molar-refractivity contribution is 0.0527. The minimum atomic E-state index is -0.405. The molecule has 0 aliphatic carbocycles. The van der Waals surface area contributed by atoms with Crippen LogP contribution in [0.1, 0.15) is 22.8 Å². The average molecular weight is 347 g/mol. The zero-order chi connectivity index (χ0) is 18.1. The van der Waals surface area contributed by atoms with E-state index >= 15 is 0 Å². The molecule has 1 aromatic carbocycles. The van der Waals surface area contributed by atoms with Gasteiger partial charge in [-0.25, -0.2) is 4.79 Å². The van der Waals surface area contributed by atoms with Crippen LogP contribution in [0.15, 0.2) is 36.5 Å². The second-order valence-electron chi connectivity index (χ2n) is 5.55. The molecule has 0 saturated carbocycles. The van der Waals surface area contributed by atoms with Crippen molar-refractivity contribution in [3.05, 3.63) is 47.7 Å². The molecule has 0 unspecified atom stereocenters. The van der Waals surface area contributed by atoms with Crippen LogP contribution in [0.4, 0.5) is 5.82 Å². The lowest BCUT2D eigenvalue weighted by Gasteiger charge is -2.17. The third-order valence-electron chi connectivity index (χ3n) is 3.52. The molecule has 0 saturated heterocycles. The number of carbonyl (C=O) groups is 1. The summed E-state index contributed by atoms with van der Waals surface area (Å²) in [6, 6.07) is 9.80. The van der Waals surface area contributed by atoms with Gasteiger partial charge in [-0.05, 0) is 12.5 Å². The van der Waals surface area contributed by atoms with Crippen molar-refractivity contribution in [1.82, 2.24) is 9.78 Å². The molecule has 0 atom stereocenters. The van der Waals surface area contributed by atoms with Crippen LogP contribution < -0.4 is 5.32 Å².